The van der Waals surface area contributed by atoms with Crippen LogP contribution in [-0.4, -0.2) is 46.4 Å². The number of benzene rings is 1. The van der Waals surface area contributed by atoms with Crippen molar-refractivity contribution in [3.05, 3.63) is 34.9 Å². The van der Waals surface area contributed by atoms with E-state index in [-0.39, 0.29) is 30.2 Å². The lowest BCUT2D eigenvalue weighted by atomic mass is 9.80. The molecule has 4 aliphatic rings. The summed E-state index contributed by atoms with van der Waals surface area (Å²) >= 11 is 0. The predicted molar refractivity (Wildman–Crippen MR) is 118 cm³/mol. The molecule has 0 spiro atoms. The maximum absolute atomic E-state index is 14.5. The van der Waals surface area contributed by atoms with Crippen LogP contribution in [0.2, 0.25) is 0 Å². The molecule has 5 rings (SSSR count). The monoisotopic (exact) mass is 441 g/mol. The normalized spacial score (nSPS) is 30.1. The van der Waals surface area contributed by atoms with Gasteiger partial charge in [-0.25, -0.2) is 4.39 Å². The van der Waals surface area contributed by atoms with Gasteiger partial charge in [0.15, 0.2) is 0 Å². The average Bonchev–Trinajstić information content (AvgIpc) is 3.44. The Morgan fingerprint density at radius 3 is 2.72 bits per heavy atom. The van der Waals surface area contributed by atoms with Crippen LogP contribution < -0.4 is 10.6 Å². The highest BCUT2D eigenvalue weighted by atomic mass is 19.1. The Labute approximate surface area is 188 Å². The Bertz CT molecular complexity index is 944. The van der Waals surface area contributed by atoms with Gasteiger partial charge < -0.3 is 10.2 Å². The Morgan fingerprint density at radius 1 is 1.19 bits per heavy atom. The molecule has 2 N–H and O–H groups in total. The first-order valence-electron chi connectivity index (χ1n) is 12.1. The van der Waals surface area contributed by atoms with Gasteiger partial charge in [0, 0.05) is 30.6 Å². The molecule has 1 aromatic rings. The van der Waals surface area contributed by atoms with Gasteiger partial charge in [-0.05, 0) is 68.6 Å². The van der Waals surface area contributed by atoms with Crippen molar-refractivity contribution >= 4 is 17.7 Å². The number of fused-ring (bicyclic) bond motifs is 1. The highest BCUT2D eigenvalue weighted by Crippen LogP contribution is 2.43. The van der Waals surface area contributed by atoms with E-state index < -0.39 is 11.7 Å². The van der Waals surface area contributed by atoms with Gasteiger partial charge in [0.2, 0.25) is 11.8 Å². The van der Waals surface area contributed by atoms with Gasteiger partial charge in [0.05, 0.1) is 0 Å². The van der Waals surface area contributed by atoms with Gasteiger partial charge in [-0.2, -0.15) is 0 Å². The molecule has 1 unspecified atom stereocenters. The van der Waals surface area contributed by atoms with E-state index in [1.807, 2.05) is 19.1 Å². The zero-order valence-electron chi connectivity index (χ0n) is 18.7. The van der Waals surface area contributed by atoms with Gasteiger partial charge in [-0.15, -0.1) is 0 Å². The number of hydrogen-bond acceptors (Lipinski definition) is 4. The number of halogens is 1. The minimum Gasteiger partial charge on any atom is -0.322 e. The van der Waals surface area contributed by atoms with Gasteiger partial charge >= 0.3 is 0 Å². The van der Waals surface area contributed by atoms with Gasteiger partial charge in [0.1, 0.15) is 11.7 Å². The smallest absolute Gasteiger partial charge is 0.255 e. The summed E-state index contributed by atoms with van der Waals surface area (Å²) in [6.45, 7) is 2.38. The first-order valence-corrected chi connectivity index (χ1v) is 12.1. The fourth-order valence-corrected chi connectivity index (χ4v) is 5.75. The predicted octanol–water partition coefficient (Wildman–Crippen LogP) is 3.03. The maximum Gasteiger partial charge on any atom is 0.255 e. The number of imide groups is 1. The molecular formula is C25H32FN3O3. The molecule has 172 valence electrons. The van der Waals surface area contributed by atoms with Crippen molar-refractivity contribution in [2.75, 3.05) is 0 Å². The third-order valence-electron chi connectivity index (χ3n) is 7.96. The molecule has 1 saturated heterocycles. The average molecular weight is 442 g/mol. The third kappa shape index (κ3) is 4.07. The number of carbonyl (C=O) groups is 3. The Morgan fingerprint density at radius 2 is 1.97 bits per heavy atom. The number of amides is 3. The second kappa shape index (κ2) is 8.25. The minimum absolute atomic E-state index is 0.104. The van der Waals surface area contributed by atoms with Crippen molar-refractivity contribution in [2.24, 2.45) is 5.92 Å². The van der Waals surface area contributed by atoms with Crippen LogP contribution >= 0.6 is 0 Å². The molecule has 2 aliphatic heterocycles. The number of hydrogen-bond donors (Lipinski definition) is 2. The molecule has 7 heteroatoms. The zero-order valence-corrected chi connectivity index (χ0v) is 18.7. The minimum atomic E-state index is -1.02. The van der Waals surface area contributed by atoms with Crippen LogP contribution in [0.15, 0.2) is 18.2 Å². The lowest BCUT2D eigenvalue weighted by Crippen LogP contribution is -2.52. The van der Waals surface area contributed by atoms with E-state index in [1.54, 1.807) is 4.90 Å². The van der Waals surface area contributed by atoms with E-state index >= 15 is 0 Å². The van der Waals surface area contributed by atoms with Crippen LogP contribution in [0.3, 0.4) is 0 Å². The van der Waals surface area contributed by atoms with Crippen LogP contribution in [-0.2, 0) is 22.6 Å². The van der Waals surface area contributed by atoms with Gasteiger partial charge in [0.25, 0.3) is 5.91 Å². The Kier molecular flexibility index (Phi) is 5.56. The molecule has 2 aliphatic carbocycles. The van der Waals surface area contributed by atoms with Crippen molar-refractivity contribution < 1.29 is 18.8 Å². The molecule has 2 heterocycles. The SMILES string of the molecule is C[C@@H](N[C@H]1CCCC[C@@H]1Cc1ccc2c(c1)CN(C1CCC(=O)NC1=O)C2=O)C1(F)CC1. The number of alkyl halides is 1. The standard InChI is InChI=1S/C25H32FN3O3/c1-15(25(26)10-11-25)27-20-5-3-2-4-17(20)12-16-6-7-19-18(13-16)14-29(24(19)32)21-8-9-22(30)28-23(21)31/h6-7,13,15,17,20-21,27H,2-5,8-12,14H2,1H3,(H,28,30,31)/t15-,17-,20+,21?/m1/s1. The third-order valence-corrected chi connectivity index (χ3v) is 7.96. The van der Waals surface area contributed by atoms with E-state index in [9.17, 15) is 18.8 Å². The topological polar surface area (TPSA) is 78.5 Å². The highest BCUT2D eigenvalue weighted by molar-refractivity contribution is 6.05. The molecule has 0 aromatic heterocycles. The van der Waals surface area contributed by atoms with Crippen LogP contribution in [0.25, 0.3) is 0 Å². The molecule has 0 radical (unpaired) electrons. The summed E-state index contributed by atoms with van der Waals surface area (Å²) in [6, 6.07) is 5.64. The van der Waals surface area contributed by atoms with Crippen LogP contribution in [0.1, 0.15) is 79.8 Å². The molecule has 3 fully saturated rings. The molecule has 1 aromatic carbocycles. The summed E-state index contributed by atoms with van der Waals surface area (Å²) in [5.74, 6) is -0.336. The molecule has 2 saturated carbocycles. The van der Waals surface area contributed by atoms with Gasteiger partial charge in [-0.3, -0.25) is 19.7 Å². The highest BCUT2D eigenvalue weighted by Gasteiger charge is 2.49. The fraction of sp³-hybridized carbons (Fsp3) is 0.640. The first kappa shape index (κ1) is 21.6. The Hall–Kier alpha value is -2.28. The van der Waals surface area contributed by atoms with Crippen LogP contribution in [0.5, 0.6) is 0 Å². The number of carbonyl (C=O) groups excluding carboxylic acids is 3. The molecule has 3 amide bonds. The molecular weight excluding hydrogens is 409 g/mol. The second-order valence-corrected chi connectivity index (χ2v) is 10.2. The summed E-state index contributed by atoms with van der Waals surface area (Å²) in [7, 11) is 0. The van der Waals surface area contributed by atoms with E-state index in [2.05, 4.69) is 16.7 Å². The van der Waals surface area contributed by atoms with E-state index in [0.29, 0.717) is 43.3 Å². The number of nitrogens with zero attached hydrogens (tertiary/aromatic N) is 1. The molecule has 6 nitrogen and oxygen atoms in total. The number of rotatable bonds is 6. The molecule has 32 heavy (non-hydrogen) atoms. The second-order valence-electron chi connectivity index (χ2n) is 10.2. The summed E-state index contributed by atoms with van der Waals surface area (Å²) < 4.78 is 14.5. The van der Waals surface area contributed by atoms with Crippen molar-refractivity contribution in [2.45, 2.75) is 95.1 Å². The summed E-state index contributed by atoms with van der Waals surface area (Å²) in [6.07, 6.45) is 7.47. The van der Waals surface area contributed by atoms with Crippen molar-refractivity contribution in [3.63, 3.8) is 0 Å². The van der Waals surface area contributed by atoms with E-state index in [0.717, 1.165) is 24.8 Å². The Balaban J connectivity index is 1.27. The van der Waals surface area contributed by atoms with Crippen molar-refractivity contribution in [1.82, 2.24) is 15.5 Å². The van der Waals surface area contributed by atoms with Crippen LogP contribution in [0.4, 0.5) is 4.39 Å². The maximum atomic E-state index is 14.5. The first-order chi connectivity index (χ1) is 15.3. The summed E-state index contributed by atoms with van der Waals surface area (Å²) in [5.41, 5.74) is 1.77. The molecule has 0 bridgehead atoms. The fourth-order valence-electron chi connectivity index (χ4n) is 5.75. The largest absolute Gasteiger partial charge is 0.322 e. The van der Waals surface area contributed by atoms with Crippen LogP contribution in [0, 0.1) is 5.92 Å². The number of piperidine rings is 1. The quantitative estimate of drug-likeness (QED) is 0.666. The van der Waals surface area contributed by atoms with Crippen molar-refractivity contribution in [1.29, 1.82) is 0 Å². The van der Waals surface area contributed by atoms with Crippen molar-refractivity contribution in [3.8, 4) is 0 Å². The van der Waals surface area contributed by atoms with Gasteiger partial charge in [-0.1, -0.05) is 25.0 Å². The lowest BCUT2D eigenvalue weighted by Gasteiger charge is -2.35. The summed E-state index contributed by atoms with van der Waals surface area (Å²) in [5, 5.41) is 5.95. The summed E-state index contributed by atoms with van der Waals surface area (Å²) in [4.78, 5) is 38.2. The van der Waals surface area contributed by atoms with E-state index in [4.69, 9.17) is 0 Å². The van der Waals surface area contributed by atoms with E-state index in [1.165, 1.54) is 18.4 Å². The zero-order chi connectivity index (χ0) is 22.5. The molecule has 4 atom stereocenters. The number of nitrogens with one attached hydrogen (secondary N) is 2. The lowest BCUT2D eigenvalue weighted by molar-refractivity contribution is -0.136.